The number of non-ortho nitro benzene ring substituents is 1. The van der Waals surface area contributed by atoms with Crippen LogP contribution in [0.2, 0.25) is 0 Å². The van der Waals surface area contributed by atoms with E-state index in [9.17, 15) is 23.3 Å². The smallest absolute Gasteiger partial charge is 0.272 e. The van der Waals surface area contributed by atoms with Gasteiger partial charge in [0.15, 0.2) is 5.69 Å². The van der Waals surface area contributed by atoms with Gasteiger partial charge in [-0.15, -0.1) is 0 Å². The number of hydrogen-bond acceptors (Lipinski definition) is 7. The van der Waals surface area contributed by atoms with Gasteiger partial charge < -0.3 is 10.1 Å². The van der Waals surface area contributed by atoms with Crippen LogP contribution in [-0.2, 0) is 10.0 Å². The Kier molecular flexibility index (Phi) is 9.13. The molecule has 3 rings (SSSR count). The second-order valence-corrected chi connectivity index (χ2v) is 11.7. The Hall–Kier alpha value is -3.77. The Labute approximate surface area is 228 Å². The van der Waals surface area contributed by atoms with E-state index < -0.39 is 31.4 Å². The molecule has 3 aromatic rings. The molecular formula is C27H35N5O6S. The fourth-order valence-corrected chi connectivity index (χ4v) is 5.06. The predicted molar refractivity (Wildman–Crippen MR) is 148 cm³/mol. The summed E-state index contributed by atoms with van der Waals surface area (Å²) in [6, 6.07) is 8.87. The van der Waals surface area contributed by atoms with Crippen molar-refractivity contribution in [3.05, 3.63) is 68.9 Å². The van der Waals surface area contributed by atoms with Gasteiger partial charge in [0, 0.05) is 30.3 Å². The number of aryl methyl sites for hydroxylation is 1. The topological polar surface area (TPSA) is 145 Å². The highest BCUT2D eigenvalue weighted by atomic mass is 32.2. The molecule has 0 aliphatic heterocycles. The van der Waals surface area contributed by atoms with E-state index in [1.807, 2.05) is 59.7 Å². The number of carbonyl (C=O) groups excluding carboxylic acids is 1. The van der Waals surface area contributed by atoms with Gasteiger partial charge >= 0.3 is 0 Å². The minimum Gasteiger partial charge on any atom is -0.437 e. The summed E-state index contributed by atoms with van der Waals surface area (Å²) in [6.07, 6.45) is 0.721. The lowest BCUT2D eigenvalue weighted by Crippen LogP contribution is -2.32. The van der Waals surface area contributed by atoms with Crippen molar-refractivity contribution in [3.8, 4) is 17.3 Å². The van der Waals surface area contributed by atoms with E-state index in [1.54, 1.807) is 6.92 Å². The molecule has 0 aliphatic carbocycles. The van der Waals surface area contributed by atoms with E-state index in [2.05, 4.69) is 15.1 Å². The number of sulfonamides is 1. The fraction of sp³-hybridized carbons (Fsp3) is 0.407. The molecule has 0 fully saturated rings. The molecule has 0 unspecified atom stereocenters. The van der Waals surface area contributed by atoms with Gasteiger partial charge in [-0.05, 0) is 63.3 Å². The van der Waals surface area contributed by atoms with Crippen molar-refractivity contribution >= 4 is 21.6 Å². The van der Waals surface area contributed by atoms with Crippen LogP contribution in [0, 0.1) is 36.8 Å². The molecule has 39 heavy (non-hydrogen) atoms. The number of aromatic nitrogens is 2. The average molecular weight is 558 g/mol. The van der Waals surface area contributed by atoms with Gasteiger partial charge in [-0.25, -0.2) is 13.1 Å². The second kappa shape index (κ2) is 12.0. The molecule has 210 valence electrons. The first-order valence-corrected chi connectivity index (χ1v) is 14.2. The van der Waals surface area contributed by atoms with E-state index >= 15 is 0 Å². The third kappa shape index (κ3) is 6.63. The van der Waals surface area contributed by atoms with Crippen LogP contribution in [-0.4, -0.2) is 41.6 Å². The van der Waals surface area contributed by atoms with Crippen molar-refractivity contribution in [3.63, 3.8) is 0 Å². The zero-order valence-electron chi connectivity index (χ0n) is 23.2. The third-order valence-corrected chi connectivity index (χ3v) is 7.84. The van der Waals surface area contributed by atoms with E-state index in [-0.39, 0.29) is 35.8 Å². The summed E-state index contributed by atoms with van der Waals surface area (Å²) in [4.78, 5) is 23.5. The SMILES string of the molecule is CC[C@H](C)NC(=O)c1nn(-c2cccc(C)c2C)c(Oc2ccc([N+](=O)[O-])cc2S(=O)(=O)NCC(C)C)c1C. The lowest BCUT2D eigenvalue weighted by Gasteiger charge is -2.16. The number of nitro groups is 1. The quantitative estimate of drug-likeness (QED) is 0.250. The molecule has 0 aliphatic rings. The predicted octanol–water partition coefficient (Wildman–Crippen LogP) is 4.96. The molecule has 1 heterocycles. The van der Waals surface area contributed by atoms with Gasteiger partial charge in [0.25, 0.3) is 11.6 Å². The van der Waals surface area contributed by atoms with Crippen molar-refractivity contribution in [2.75, 3.05) is 6.54 Å². The maximum absolute atomic E-state index is 13.2. The van der Waals surface area contributed by atoms with Crippen LogP contribution in [0.25, 0.3) is 5.69 Å². The van der Waals surface area contributed by atoms with Crippen molar-refractivity contribution in [2.45, 2.75) is 65.8 Å². The Morgan fingerprint density at radius 2 is 1.82 bits per heavy atom. The van der Waals surface area contributed by atoms with Crippen LogP contribution in [0.3, 0.4) is 0 Å². The van der Waals surface area contributed by atoms with Crippen LogP contribution < -0.4 is 14.8 Å². The first-order valence-electron chi connectivity index (χ1n) is 12.7. The molecule has 0 radical (unpaired) electrons. The number of nitro benzene ring substituents is 1. The van der Waals surface area contributed by atoms with Crippen LogP contribution >= 0.6 is 0 Å². The van der Waals surface area contributed by atoms with Crippen molar-refractivity contribution in [1.29, 1.82) is 0 Å². The van der Waals surface area contributed by atoms with Gasteiger partial charge in [0.1, 0.15) is 10.6 Å². The lowest BCUT2D eigenvalue weighted by molar-refractivity contribution is -0.385. The summed E-state index contributed by atoms with van der Waals surface area (Å²) in [7, 11) is -4.18. The molecule has 1 amide bonds. The van der Waals surface area contributed by atoms with E-state index in [4.69, 9.17) is 4.74 Å². The summed E-state index contributed by atoms with van der Waals surface area (Å²) in [5, 5.41) is 18.9. The number of rotatable bonds is 11. The molecule has 1 atom stereocenters. The maximum atomic E-state index is 13.2. The number of hydrogen-bond donors (Lipinski definition) is 2. The van der Waals surface area contributed by atoms with Crippen LogP contribution in [0.4, 0.5) is 5.69 Å². The van der Waals surface area contributed by atoms with E-state index in [1.165, 1.54) is 16.8 Å². The zero-order chi connectivity index (χ0) is 29.1. The Bertz CT molecular complexity index is 1500. The number of benzene rings is 2. The third-order valence-electron chi connectivity index (χ3n) is 6.39. The number of amides is 1. The number of nitrogens with one attached hydrogen (secondary N) is 2. The molecule has 0 bridgehead atoms. The highest BCUT2D eigenvalue weighted by molar-refractivity contribution is 7.89. The molecule has 1 aromatic heterocycles. The minimum absolute atomic E-state index is 0.00222. The van der Waals surface area contributed by atoms with Crippen LogP contribution in [0.15, 0.2) is 41.3 Å². The molecule has 12 heteroatoms. The van der Waals surface area contributed by atoms with Crippen molar-refractivity contribution in [1.82, 2.24) is 19.8 Å². The number of ether oxygens (including phenoxy) is 1. The molecule has 11 nitrogen and oxygen atoms in total. The molecule has 2 N–H and O–H groups in total. The second-order valence-electron chi connectivity index (χ2n) is 9.93. The van der Waals surface area contributed by atoms with Crippen molar-refractivity contribution in [2.24, 2.45) is 5.92 Å². The summed E-state index contributed by atoms with van der Waals surface area (Å²) < 4.78 is 36.6. The first-order chi connectivity index (χ1) is 18.3. The summed E-state index contributed by atoms with van der Waals surface area (Å²) >= 11 is 0. The van der Waals surface area contributed by atoms with Crippen LogP contribution in [0.5, 0.6) is 11.6 Å². The highest BCUT2D eigenvalue weighted by Crippen LogP contribution is 2.36. The Balaban J connectivity index is 2.23. The molecular weight excluding hydrogens is 522 g/mol. The summed E-state index contributed by atoms with van der Waals surface area (Å²) in [5.74, 6) is -0.416. The molecule has 0 saturated carbocycles. The van der Waals surface area contributed by atoms with Gasteiger partial charge in [0.05, 0.1) is 10.6 Å². The van der Waals surface area contributed by atoms with Crippen LogP contribution in [0.1, 0.15) is 61.3 Å². The lowest BCUT2D eigenvalue weighted by atomic mass is 10.1. The number of nitrogens with zero attached hydrogens (tertiary/aromatic N) is 3. The highest BCUT2D eigenvalue weighted by Gasteiger charge is 2.28. The van der Waals surface area contributed by atoms with Gasteiger partial charge in [-0.1, -0.05) is 32.9 Å². The Morgan fingerprint density at radius 1 is 1.13 bits per heavy atom. The number of carbonyl (C=O) groups is 1. The van der Waals surface area contributed by atoms with Crippen molar-refractivity contribution < 1.29 is 22.9 Å². The molecule has 2 aromatic carbocycles. The monoisotopic (exact) mass is 557 g/mol. The summed E-state index contributed by atoms with van der Waals surface area (Å²) in [6.45, 7) is 13.1. The largest absolute Gasteiger partial charge is 0.437 e. The first kappa shape index (κ1) is 29.8. The van der Waals surface area contributed by atoms with Gasteiger partial charge in [0.2, 0.25) is 15.9 Å². The molecule has 0 saturated heterocycles. The zero-order valence-corrected chi connectivity index (χ0v) is 24.0. The van der Waals surface area contributed by atoms with E-state index in [0.717, 1.165) is 23.6 Å². The van der Waals surface area contributed by atoms with Gasteiger partial charge in [-0.3, -0.25) is 14.9 Å². The average Bonchev–Trinajstić information content (AvgIpc) is 3.20. The summed E-state index contributed by atoms with van der Waals surface area (Å²) in [5.41, 5.74) is 2.60. The maximum Gasteiger partial charge on any atom is 0.272 e. The van der Waals surface area contributed by atoms with E-state index in [0.29, 0.717) is 11.3 Å². The Morgan fingerprint density at radius 3 is 2.44 bits per heavy atom. The normalized spacial score (nSPS) is 12.4. The fourth-order valence-electron chi connectivity index (χ4n) is 3.70. The molecule has 0 spiro atoms. The standard InChI is InChI=1S/C27H35N5O6S/c1-8-18(5)29-26(33)25-20(7)27(31(30-25)22-11-9-10-17(4)19(22)6)38-23-13-12-21(32(34)35)14-24(23)39(36,37)28-15-16(2)3/h9-14,16,18,28H,8,15H2,1-7H3,(H,29,33)/t18-/m0/s1. The van der Waals surface area contributed by atoms with Gasteiger partial charge in [-0.2, -0.15) is 9.78 Å². The minimum atomic E-state index is -4.18.